The highest BCUT2D eigenvalue weighted by Gasteiger charge is 2.13. The van der Waals surface area contributed by atoms with Gasteiger partial charge < -0.3 is 0 Å². The van der Waals surface area contributed by atoms with E-state index < -0.39 is 0 Å². The molecule has 0 N–H and O–H groups in total. The Kier molecular flexibility index (Phi) is 5.11. The van der Waals surface area contributed by atoms with Crippen molar-refractivity contribution in [3.05, 3.63) is 56.8 Å². The lowest BCUT2D eigenvalue weighted by atomic mass is 10.1. The molecule has 0 spiro atoms. The van der Waals surface area contributed by atoms with Crippen molar-refractivity contribution in [2.75, 3.05) is 0 Å². The zero-order valence-corrected chi connectivity index (χ0v) is 13.7. The average Bonchev–Trinajstić information content (AvgIpc) is 2.37. The van der Waals surface area contributed by atoms with Gasteiger partial charge in [-0.15, -0.1) is 0 Å². The molecular weight excluding hydrogens is 343 g/mol. The molecule has 0 unspecified atom stereocenters. The van der Waals surface area contributed by atoms with Crippen LogP contribution in [0.1, 0.15) is 30.9 Å². The van der Waals surface area contributed by atoms with Gasteiger partial charge >= 0.3 is 0 Å². The molecule has 106 valence electrons. The van der Waals surface area contributed by atoms with E-state index in [0.717, 1.165) is 16.6 Å². The maximum absolute atomic E-state index is 13.7. The zero-order chi connectivity index (χ0) is 14.7. The van der Waals surface area contributed by atoms with Gasteiger partial charge in [-0.05, 0) is 39.9 Å². The first kappa shape index (κ1) is 15.4. The van der Waals surface area contributed by atoms with Crippen LogP contribution in [0.4, 0.5) is 4.39 Å². The highest BCUT2D eigenvalue weighted by Crippen LogP contribution is 2.26. The van der Waals surface area contributed by atoms with Crippen LogP contribution in [0.3, 0.4) is 0 Å². The van der Waals surface area contributed by atoms with Crippen molar-refractivity contribution in [3.8, 4) is 0 Å². The predicted molar refractivity (Wildman–Crippen MR) is 82.5 cm³/mol. The van der Waals surface area contributed by atoms with Crippen LogP contribution in [-0.4, -0.2) is 9.97 Å². The third-order valence-corrected chi connectivity index (χ3v) is 4.17. The number of benzene rings is 1. The Bertz CT molecular complexity index is 617. The molecule has 0 saturated carbocycles. The topological polar surface area (TPSA) is 25.8 Å². The molecule has 0 atom stereocenters. The first-order valence-corrected chi connectivity index (χ1v) is 7.58. The van der Waals surface area contributed by atoms with Crippen LogP contribution < -0.4 is 0 Å². The summed E-state index contributed by atoms with van der Waals surface area (Å²) in [4.78, 5) is 8.72. The summed E-state index contributed by atoms with van der Waals surface area (Å²) in [6.45, 7) is 4.22. The molecule has 0 radical (unpaired) electrons. The van der Waals surface area contributed by atoms with Crippen molar-refractivity contribution in [2.24, 2.45) is 5.92 Å². The standard InChI is InChI=1S/C15H15BrClFN2/c1-9(2)7-12-14(16)15(17)20-13(19-12)8-10-5-3-4-6-11(10)18/h3-6,9H,7-8H2,1-2H3. The van der Waals surface area contributed by atoms with Gasteiger partial charge in [-0.1, -0.05) is 43.6 Å². The fourth-order valence-electron chi connectivity index (χ4n) is 1.92. The Morgan fingerprint density at radius 3 is 2.60 bits per heavy atom. The molecular formula is C15H15BrClFN2. The Morgan fingerprint density at radius 1 is 1.25 bits per heavy atom. The Balaban J connectivity index is 2.33. The molecule has 1 aromatic carbocycles. The number of rotatable bonds is 4. The minimum atomic E-state index is -0.249. The monoisotopic (exact) mass is 356 g/mol. The molecule has 5 heteroatoms. The van der Waals surface area contributed by atoms with E-state index in [1.807, 2.05) is 0 Å². The van der Waals surface area contributed by atoms with E-state index in [1.54, 1.807) is 18.2 Å². The number of aromatic nitrogens is 2. The second-order valence-corrected chi connectivity index (χ2v) is 6.21. The quantitative estimate of drug-likeness (QED) is 0.733. The summed E-state index contributed by atoms with van der Waals surface area (Å²) in [7, 11) is 0. The summed E-state index contributed by atoms with van der Waals surface area (Å²) in [5.74, 6) is 0.748. The molecule has 0 amide bonds. The molecule has 2 rings (SSSR count). The van der Waals surface area contributed by atoms with Gasteiger partial charge in [-0.2, -0.15) is 0 Å². The Labute approximate surface area is 131 Å². The largest absolute Gasteiger partial charge is 0.236 e. The van der Waals surface area contributed by atoms with Crippen LogP contribution in [0.2, 0.25) is 5.15 Å². The molecule has 1 aromatic heterocycles. The highest BCUT2D eigenvalue weighted by atomic mass is 79.9. The second-order valence-electron chi connectivity index (χ2n) is 5.06. The molecule has 1 heterocycles. The van der Waals surface area contributed by atoms with Gasteiger partial charge in [0, 0.05) is 6.42 Å². The van der Waals surface area contributed by atoms with Crippen molar-refractivity contribution in [1.82, 2.24) is 9.97 Å². The lowest BCUT2D eigenvalue weighted by Gasteiger charge is -2.10. The lowest BCUT2D eigenvalue weighted by Crippen LogP contribution is -2.06. The minimum absolute atomic E-state index is 0.249. The molecule has 2 aromatic rings. The van der Waals surface area contributed by atoms with E-state index >= 15 is 0 Å². The summed E-state index contributed by atoms with van der Waals surface area (Å²) in [5, 5.41) is 0.377. The number of nitrogens with zero attached hydrogens (tertiary/aromatic N) is 2. The minimum Gasteiger partial charge on any atom is -0.236 e. The first-order valence-electron chi connectivity index (χ1n) is 6.41. The van der Waals surface area contributed by atoms with Gasteiger partial charge in [0.05, 0.1) is 10.2 Å². The van der Waals surface area contributed by atoms with E-state index in [4.69, 9.17) is 11.6 Å². The highest BCUT2D eigenvalue weighted by molar-refractivity contribution is 9.10. The molecule has 0 fully saturated rings. The molecule has 20 heavy (non-hydrogen) atoms. The third-order valence-electron chi connectivity index (χ3n) is 2.83. The third kappa shape index (κ3) is 3.76. The summed E-state index contributed by atoms with van der Waals surface area (Å²) in [6, 6.07) is 6.63. The maximum Gasteiger partial charge on any atom is 0.147 e. The number of hydrogen-bond acceptors (Lipinski definition) is 2. The van der Waals surface area contributed by atoms with Gasteiger partial charge in [0.25, 0.3) is 0 Å². The summed E-state index contributed by atoms with van der Waals surface area (Å²) < 4.78 is 14.4. The lowest BCUT2D eigenvalue weighted by molar-refractivity contribution is 0.609. The van der Waals surface area contributed by atoms with Crippen molar-refractivity contribution >= 4 is 27.5 Å². The van der Waals surface area contributed by atoms with Crippen LogP contribution in [0.5, 0.6) is 0 Å². The van der Waals surface area contributed by atoms with Gasteiger partial charge in [-0.25, -0.2) is 14.4 Å². The fourth-order valence-corrected chi connectivity index (χ4v) is 2.47. The molecule has 0 bridgehead atoms. The second kappa shape index (κ2) is 6.64. The van der Waals surface area contributed by atoms with E-state index in [1.165, 1.54) is 6.07 Å². The van der Waals surface area contributed by atoms with E-state index in [9.17, 15) is 4.39 Å². The zero-order valence-electron chi connectivity index (χ0n) is 11.3. The van der Waals surface area contributed by atoms with E-state index in [-0.39, 0.29) is 5.82 Å². The van der Waals surface area contributed by atoms with Crippen LogP contribution in [0.15, 0.2) is 28.7 Å². The average molecular weight is 358 g/mol. The van der Waals surface area contributed by atoms with Crippen LogP contribution in [0, 0.1) is 11.7 Å². The maximum atomic E-state index is 13.7. The fraction of sp³-hybridized carbons (Fsp3) is 0.333. The van der Waals surface area contributed by atoms with Crippen LogP contribution >= 0.6 is 27.5 Å². The summed E-state index contributed by atoms with van der Waals surface area (Å²) in [5.41, 5.74) is 1.44. The van der Waals surface area contributed by atoms with Crippen molar-refractivity contribution < 1.29 is 4.39 Å². The molecule has 2 nitrogen and oxygen atoms in total. The number of hydrogen-bond donors (Lipinski definition) is 0. The van der Waals surface area contributed by atoms with Crippen molar-refractivity contribution in [1.29, 1.82) is 0 Å². The predicted octanol–water partition coefficient (Wildman–Crippen LogP) is 4.82. The SMILES string of the molecule is CC(C)Cc1nc(Cc2ccccc2F)nc(Cl)c1Br. The number of halogens is 3. The van der Waals surface area contributed by atoms with Crippen LogP contribution in [0.25, 0.3) is 0 Å². The van der Waals surface area contributed by atoms with E-state index in [0.29, 0.717) is 28.9 Å². The van der Waals surface area contributed by atoms with Crippen molar-refractivity contribution in [2.45, 2.75) is 26.7 Å². The van der Waals surface area contributed by atoms with Crippen molar-refractivity contribution in [3.63, 3.8) is 0 Å². The molecule has 0 aliphatic rings. The molecule has 0 aliphatic heterocycles. The van der Waals surface area contributed by atoms with Gasteiger partial charge in [0.2, 0.25) is 0 Å². The first-order chi connectivity index (χ1) is 9.47. The van der Waals surface area contributed by atoms with Gasteiger partial charge in [-0.3, -0.25) is 0 Å². The normalized spacial score (nSPS) is 11.1. The molecule has 0 aliphatic carbocycles. The Hall–Kier alpha value is -1.00. The van der Waals surface area contributed by atoms with Gasteiger partial charge in [0.1, 0.15) is 16.8 Å². The van der Waals surface area contributed by atoms with E-state index in [2.05, 4.69) is 39.7 Å². The smallest absolute Gasteiger partial charge is 0.147 e. The summed E-state index contributed by atoms with van der Waals surface area (Å²) >= 11 is 9.53. The molecule has 0 saturated heterocycles. The van der Waals surface area contributed by atoms with Gasteiger partial charge in [0.15, 0.2) is 0 Å². The van der Waals surface area contributed by atoms with Crippen LogP contribution in [-0.2, 0) is 12.8 Å². The Morgan fingerprint density at radius 2 is 1.95 bits per heavy atom. The summed E-state index contributed by atoms with van der Waals surface area (Å²) in [6.07, 6.45) is 1.14.